The summed E-state index contributed by atoms with van der Waals surface area (Å²) in [6, 6.07) is 14.5. The lowest BCUT2D eigenvalue weighted by atomic mass is 10.2. The van der Waals surface area contributed by atoms with Gasteiger partial charge in [-0.2, -0.15) is 0 Å². The van der Waals surface area contributed by atoms with Gasteiger partial charge in [0.25, 0.3) is 0 Å². The number of hydrogen-bond acceptors (Lipinski definition) is 2. The summed E-state index contributed by atoms with van der Waals surface area (Å²) in [4.78, 5) is 22.7. The van der Waals surface area contributed by atoms with Gasteiger partial charge in [0.2, 0.25) is 11.8 Å². The molecule has 0 unspecified atom stereocenters. The molecule has 0 aliphatic rings. The van der Waals surface area contributed by atoms with Crippen LogP contribution in [-0.4, -0.2) is 11.8 Å². The molecule has 0 aliphatic carbocycles. The van der Waals surface area contributed by atoms with Crippen LogP contribution in [0.1, 0.15) is 18.1 Å². The van der Waals surface area contributed by atoms with Gasteiger partial charge in [-0.25, -0.2) is 0 Å². The molecule has 0 saturated heterocycles. The zero-order chi connectivity index (χ0) is 16.7. The molecular formula is C18H17ClN2O2. The Morgan fingerprint density at radius 2 is 1.70 bits per heavy atom. The fourth-order valence-electron chi connectivity index (χ4n) is 1.90. The van der Waals surface area contributed by atoms with E-state index in [9.17, 15) is 9.59 Å². The number of carbonyl (C=O) groups is 2. The van der Waals surface area contributed by atoms with E-state index in [0.29, 0.717) is 11.6 Å². The molecule has 2 amide bonds. The molecule has 0 spiro atoms. The van der Waals surface area contributed by atoms with Crippen LogP contribution < -0.4 is 10.6 Å². The molecule has 118 valence electrons. The highest BCUT2D eigenvalue weighted by atomic mass is 35.5. The van der Waals surface area contributed by atoms with Crippen molar-refractivity contribution in [2.75, 3.05) is 5.32 Å². The van der Waals surface area contributed by atoms with Crippen molar-refractivity contribution in [3.8, 4) is 0 Å². The van der Waals surface area contributed by atoms with Gasteiger partial charge < -0.3 is 10.6 Å². The first-order valence-corrected chi connectivity index (χ1v) is 7.49. The summed E-state index contributed by atoms with van der Waals surface area (Å²) in [6.07, 6.45) is 3.19. The third-order valence-electron chi connectivity index (χ3n) is 3.04. The van der Waals surface area contributed by atoms with Gasteiger partial charge in [-0.05, 0) is 41.5 Å². The number of anilines is 1. The standard InChI is InChI=1S/C18H17ClN2O2/c1-13(22)21-17-9-4-14(5-10-17)6-11-18(23)20-12-15-2-7-16(19)8-3-15/h2-11H,12H2,1H3,(H,20,23)(H,21,22)/b11-6+. The number of amides is 2. The zero-order valence-electron chi connectivity index (χ0n) is 12.7. The van der Waals surface area contributed by atoms with Gasteiger partial charge in [-0.3, -0.25) is 9.59 Å². The predicted octanol–water partition coefficient (Wildman–Crippen LogP) is 3.63. The Morgan fingerprint density at radius 1 is 1.04 bits per heavy atom. The first-order chi connectivity index (χ1) is 11.0. The predicted molar refractivity (Wildman–Crippen MR) is 93.1 cm³/mol. The Balaban J connectivity index is 1.85. The van der Waals surface area contributed by atoms with Gasteiger partial charge in [-0.15, -0.1) is 0 Å². The lowest BCUT2D eigenvalue weighted by Gasteiger charge is -2.03. The van der Waals surface area contributed by atoms with E-state index in [4.69, 9.17) is 11.6 Å². The molecule has 2 N–H and O–H groups in total. The maximum Gasteiger partial charge on any atom is 0.244 e. The van der Waals surface area contributed by atoms with Crippen LogP contribution in [0.3, 0.4) is 0 Å². The minimum absolute atomic E-state index is 0.116. The van der Waals surface area contributed by atoms with Crippen molar-refractivity contribution in [2.45, 2.75) is 13.5 Å². The molecule has 0 fully saturated rings. The van der Waals surface area contributed by atoms with Gasteiger partial charge >= 0.3 is 0 Å². The fourth-order valence-corrected chi connectivity index (χ4v) is 2.03. The SMILES string of the molecule is CC(=O)Nc1ccc(/C=C/C(=O)NCc2ccc(Cl)cc2)cc1. The molecule has 4 nitrogen and oxygen atoms in total. The van der Waals surface area contributed by atoms with Crippen molar-refractivity contribution in [3.05, 3.63) is 70.8 Å². The highest BCUT2D eigenvalue weighted by Gasteiger charge is 1.98. The Morgan fingerprint density at radius 3 is 2.30 bits per heavy atom. The zero-order valence-corrected chi connectivity index (χ0v) is 13.4. The molecule has 0 atom stereocenters. The molecule has 0 aliphatic heterocycles. The Bertz CT molecular complexity index is 707. The molecule has 2 aromatic rings. The number of benzene rings is 2. The van der Waals surface area contributed by atoms with Crippen molar-refractivity contribution in [1.29, 1.82) is 0 Å². The first kappa shape index (κ1) is 16.8. The van der Waals surface area contributed by atoms with Gasteiger partial charge in [0, 0.05) is 30.3 Å². The minimum atomic E-state index is -0.175. The third-order valence-corrected chi connectivity index (χ3v) is 3.29. The minimum Gasteiger partial charge on any atom is -0.348 e. The van der Waals surface area contributed by atoms with Crippen molar-refractivity contribution in [2.24, 2.45) is 0 Å². The Hall–Kier alpha value is -2.59. The second-order valence-electron chi connectivity index (χ2n) is 4.98. The van der Waals surface area contributed by atoms with E-state index in [1.807, 2.05) is 24.3 Å². The van der Waals surface area contributed by atoms with E-state index >= 15 is 0 Å². The lowest BCUT2D eigenvalue weighted by molar-refractivity contribution is -0.116. The van der Waals surface area contributed by atoms with Gasteiger partial charge in [0.15, 0.2) is 0 Å². The van der Waals surface area contributed by atoms with Crippen LogP contribution in [0.5, 0.6) is 0 Å². The highest BCUT2D eigenvalue weighted by molar-refractivity contribution is 6.30. The molecular weight excluding hydrogens is 312 g/mol. The molecule has 0 bridgehead atoms. The van der Waals surface area contributed by atoms with Crippen molar-refractivity contribution < 1.29 is 9.59 Å². The van der Waals surface area contributed by atoms with Gasteiger partial charge in [0.05, 0.1) is 0 Å². The number of halogens is 1. The monoisotopic (exact) mass is 328 g/mol. The third kappa shape index (κ3) is 5.96. The van der Waals surface area contributed by atoms with E-state index in [0.717, 1.165) is 16.8 Å². The van der Waals surface area contributed by atoms with Crippen LogP contribution in [-0.2, 0) is 16.1 Å². The van der Waals surface area contributed by atoms with Crippen molar-refractivity contribution in [1.82, 2.24) is 5.32 Å². The summed E-state index contributed by atoms with van der Waals surface area (Å²) in [5.41, 5.74) is 2.58. The summed E-state index contributed by atoms with van der Waals surface area (Å²) < 4.78 is 0. The Kier molecular flexibility index (Phi) is 5.94. The van der Waals surface area contributed by atoms with Gasteiger partial charge in [-0.1, -0.05) is 35.9 Å². The van der Waals surface area contributed by atoms with E-state index in [-0.39, 0.29) is 11.8 Å². The van der Waals surface area contributed by atoms with E-state index in [1.54, 1.807) is 30.3 Å². The first-order valence-electron chi connectivity index (χ1n) is 7.11. The second-order valence-corrected chi connectivity index (χ2v) is 5.42. The van der Waals surface area contributed by atoms with Crippen LogP contribution in [0.4, 0.5) is 5.69 Å². The molecule has 0 heterocycles. The number of carbonyl (C=O) groups excluding carboxylic acids is 2. The maximum atomic E-state index is 11.8. The van der Waals surface area contributed by atoms with E-state index in [2.05, 4.69) is 10.6 Å². The number of rotatable bonds is 5. The molecule has 23 heavy (non-hydrogen) atoms. The van der Waals surface area contributed by atoms with Crippen LogP contribution in [0, 0.1) is 0 Å². The molecule has 2 rings (SSSR count). The quantitative estimate of drug-likeness (QED) is 0.823. The topological polar surface area (TPSA) is 58.2 Å². The van der Waals surface area contributed by atoms with Crippen LogP contribution in [0.15, 0.2) is 54.6 Å². The fraction of sp³-hybridized carbons (Fsp3) is 0.111. The molecule has 2 aromatic carbocycles. The number of hydrogen-bond donors (Lipinski definition) is 2. The lowest BCUT2D eigenvalue weighted by Crippen LogP contribution is -2.20. The van der Waals surface area contributed by atoms with Crippen LogP contribution >= 0.6 is 11.6 Å². The molecule has 0 aromatic heterocycles. The van der Waals surface area contributed by atoms with E-state index < -0.39 is 0 Å². The van der Waals surface area contributed by atoms with Crippen LogP contribution in [0.25, 0.3) is 6.08 Å². The average molecular weight is 329 g/mol. The summed E-state index contributed by atoms with van der Waals surface area (Å²) in [7, 11) is 0. The molecule has 0 saturated carbocycles. The van der Waals surface area contributed by atoms with E-state index in [1.165, 1.54) is 13.0 Å². The summed E-state index contributed by atoms with van der Waals surface area (Å²) in [6.45, 7) is 1.90. The average Bonchev–Trinajstić information content (AvgIpc) is 2.53. The Labute approximate surface area is 140 Å². The maximum absolute atomic E-state index is 11.8. The second kappa shape index (κ2) is 8.15. The van der Waals surface area contributed by atoms with Gasteiger partial charge in [0.1, 0.15) is 0 Å². The molecule has 5 heteroatoms. The normalized spacial score (nSPS) is 10.5. The highest BCUT2D eigenvalue weighted by Crippen LogP contribution is 2.11. The smallest absolute Gasteiger partial charge is 0.244 e. The summed E-state index contributed by atoms with van der Waals surface area (Å²) in [5, 5.41) is 6.16. The van der Waals surface area contributed by atoms with Crippen molar-refractivity contribution in [3.63, 3.8) is 0 Å². The van der Waals surface area contributed by atoms with Crippen LogP contribution in [0.2, 0.25) is 5.02 Å². The summed E-state index contributed by atoms with van der Waals surface area (Å²) in [5.74, 6) is -0.291. The largest absolute Gasteiger partial charge is 0.348 e. The summed E-state index contributed by atoms with van der Waals surface area (Å²) >= 11 is 5.81. The molecule has 0 radical (unpaired) electrons. The van der Waals surface area contributed by atoms with Crippen molar-refractivity contribution >= 4 is 35.2 Å². The number of nitrogens with one attached hydrogen (secondary N) is 2.